The van der Waals surface area contributed by atoms with E-state index in [2.05, 4.69) is 15.8 Å². The number of aryl methyl sites for hydroxylation is 1. The Balaban J connectivity index is 1.40. The molecule has 0 unspecified atom stereocenters. The summed E-state index contributed by atoms with van der Waals surface area (Å²) in [6.07, 6.45) is 1.46. The van der Waals surface area contributed by atoms with Crippen molar-refractivity contribution in [3.8, 4) is 0 Å². The van der Waals surface area contributed by atoms with Gasteiger partial charge in [0.25, 0.3) is 0 Å². The van der Waals surface area contributed by atoms with Crippen LogP contribution in [0, 0.1) is 6.92 Å². The Hall–Kier alpha value is -2.81. The fourth-order valence-corrected chi connectivity index (χ4v) is 3.30. The van der Waals surface area contributed by atoms with Gasteiger partial charge in [-0.3, -0.25) is 14.4 Å². The van der Waals surface area contributed by atoms with Gasteiger partial charge in [0.05, 0.1) is 11.5 Å². The minimum Gasteiger partial charge on any atom is -0.360 e. The first-order valence-electron chi connectivity index (χ1n) is 8.52. The third-order valence-corrected chi connectivity index (χ3v) is 4.83. The van der Waals surface area contributed by atoms with Crippen molar-refractivity contribution in [2.75, 3.05) is 33.6 Å². The van der Waals surface area contributed by atoms with Crippen LogP contribution in [0.1, 0.15) is 18.6 Å². The van der Waals surface area contributed by atoms with Crippen molar-refractivity contribution in [1.29, 1.82) is 0 Å². The predicted octanol–water partition coefficient (Wildman–Crippen LogP) is 2.42. The average molecular weight is 388 g/mol. The molecule has 3 amide bonds. The number of anilines is 3. The molecule has 1 aromatic heterocycles. The predicted molar refractivity (Wildman–Crippen MR) is 104 cm³/mol. The van der Waals surface area contributed by atoms with Crippen LogP contribution < -0.4 is 15.5 Å². The molecule has 3 rings (SSSR count). The van der Waals surface area contributed by atoms with Crippen molar-refractivity contribution in [1.82, 2.24) is 5.16 Å². The Kier molecular flexibility index (Phi) is 6.12. The molecule has 0 bridgehead atoms. The van der Waals surface area contributed by atoms with E-state index in [9.17, 15) is 14.4 Å². The topological polar surface area (TPSA) is 105 Å². The zero-order chi connectivity index (χ0) is 19.2. The van der Waals surface area contributed by atoms with Crippen LogP contribution >= 0.6 is 11.8 Å². The molecule has 1 aromatic carbocycles. The monoisotopic (exact) mass is 388 g/mol. The van der Waals surface area contributed by atoms with E-state index in [0.717, 1.165) is 18.7 Å². The summed E-state index contributed by atoms with van der Waals surface area (Å²) < 4.78 is 4.86. The molecule has 1 fully saturated rings. The molecule has 9 heteroatoms. The van der Waals surface area contributed by atoms with E-state index in [0.29, 0.717) is 23.7 Å². The van der Waals surface area contributed by atoms with Crippen LogP contribution in [0.5, 0.6) is 0 Å². The number of nitrogens with zero attached hydrogens (tertiary/aromatic N) is 2. The van der Waals surface area contributed by atoms with Crippen molar-refractivity contribution in [2.45, 2.75) is 19.8 Å². The van der Waals surface area contributed by atoms with Crippen molar-refractivity contribution >= 4 is 46.7 Å². The third kappa shape index (κ3) is 5.33. The Morgan fingerprint density at radius 2 is 1.89 bits per heavy atom. The Bertz CT molecular complexity index is 834. The summed E-state index contributed by atoms with van der Waals surface area (Å²) in [6, 6.07) is 8.79. The molecule has 0 spiro atoms. The average Bonchev–Trinajstić information content (AvgIpc) is 3.24. The zero-order valence-electron chi connectivity index (χ0n) is 14.9. The number of thioether (sulfide) groups is 1. The lowest BCUT2D eigenvalue weighted by Crippen LogP contribution is -2.23. The highest BCUT2D eigenvalue weighted by atomic mass is 32.2. The standard InChI is InChI=1S/C18H20N4O4S/c1-12-9-15(21-26-12)20-17(24)11-27-10-16(23)19-13-4-6-14(7-5-13)22-8-2-3-18(22)25/h4-7,9H,2-3,8,10-11H2,1H3,(H,19,23)(H,20,21,24). The summed E-state index contributed by atoms with van der Waals surface area (Å²) >= 11 is 1.20. The number of carbonyl (C=O) groups excluding carboxylic acids is 3. The van der Waals surface area contributed by atoms with E-state index in [1.807, 2.05) is 12.1 Å². The lowest BCUT2D eigenvalue weighted by molar-refractivity contribution is -0.117. The maximum Gasteiger partial charge on any atom is 0.235 e. The molecule has 1 aliphatic heterocycles. The number of aromatic nitrogens is 1. The lowest BCUT2D eigenvalue weighted by Gasteiger charge is -2.16. The first-order chi connectivity index (χ1) is 13.0. The van der Waals surface area contributed by atoms with Crippen LogP contribution in [-0.2, 0) is 14.4 Å². The highest BCUT2D eigenvalue weighted by molar-refractivity contribution is 8.00. The second kappa shape index (κ2) is 8.72. The molecular formula is C18H20N4O4S. The maximum atomic E-state index is 12.0. The fourth-order valence-electron chi connectivity index (χ4n) is 2.68. The zero-order valence-corrected chi connectivity index (χ0v) is 15.7. The third-order valence-electron chi connectivity index (χ3n) is 3.90. The van der Waals surface area contributed by atoms with E-state index < -0.39 is 0 Å². The normalized spacial score (nSPS) is 13.7. The van der Waals surface area contributed by atoms with Gasteiger partial charge in [0.15, 0.2) is 5.82 Å². The largest absolute Gasteiger partial charge is 0.360 e. The molecule has 142 valence electrons. The minimum atomic E-state index is -0.249. The van der Waals surface area contributed by atoms with Crippen molar-refractivity contribution in [3.05, 3.63) is 36.1 Å². The van der Waals surface area contributed by atoms with Gasteiger partial charge < -0.3 is 20.1 Å². The molecule has 2 heterocycles. The summed E-state index contributed by atoms with van der Waals surface area (Å²) in [5.74, 6) is 0.932. The van der Waals surface area contributed by atoms with Gasteiger partial charge >= 0.3 is 0 Å². The van der Waals surface area contributed by atoms with Crippen molar-refractivity contribution < 1.29 is 18.9 Å². The number of carbonyl (C=O) groups is 3. The molecule has 0 radical (unpaired) electrons. The van der Waals surface area contributed by atoms with Crippen LogP contribution in [0.25, 0.3) is 0 Å². The smallest absolute Gasteiger partial charge is 0.235 e. The number of benzene rings is 1. The molecule has 1 saturated heterocycles. The maximum absolute atomic E-state index is 12.0. The summed E-state index contributed by atoms with van der Waals surface area (Å²) in [5.41, 5.74) is 1.49. The number of nitrogens with one attached hydrogen (secondary N) is 2. The van der Waals surface area contributed by atoms with Crippen LogP contribution in [0.2, 0.25) is 0 Å². The van der Waals surface area contributed by atoms with Gasteiger partial charge in [-0.05, 0) is 37.6 Å². The van der Waals surface area contributed by atoms with Gasteiger partial charge in [-0.2, -0.15) is 0 Å². The summed E-state index contributed by atoms with van der Waals surface area (Å²) in [6.45, 7) is 2.47. The fraction of sp³-hybridized carbons (Fsp3) is 0.333. The van der Waals surface area contributed by atoms with Crippen LogP contribution in [0.3, 0.4) is 0 Å². The van der Waals surface area contributed by atoms with Gasteiger partial charge in [-0.15, -0.1) is 11.8 Å². The van der Waals surface area contributed by atoms with E-state index in [4.69, 9.17) is 4.52 Å². The molecule has 1 aliphatic rings. The molecule has 2 aromatic rings. The van der Waals surface area contributed by atoms with E-state index in [1.54, 1.807) is 30.0 Å². The molecule has 2 N–H and O–H groups in total. The van der Waals surface area contributed by atoms with Gasteiger partial charge in [-0.25, -0.2) is 0 Å². The van der Waals surface area contributed by atoms with Gasteiger partial charge in [0.1, 0.15) is 5.76 Å². The number of hydrogen-bond acceptors (Lipinski definition) is 6. The van der Waals surface area contributed by atoms with Gasteiger partial charge in [0, 0.05) is 30.4 Å². The first-order valence-corrected chi connectivity index (χ1v) is 9.68. The van der Waals surface area contributed by atoms with Gasteiger partial charge in [0.2, 0.25) is 17.7 Å². The second-order valence-electron chi connectivity index (χ2n) is 6.11. The quantitative estimate of drug-likeness (QED) is 0.755. The summed E-state index contributed by atoms with van der Waals surface area (Å²) in [7, 11) is 0. The molecule has 8 nitrogen and oxygen atoms in total. The highest BCUT2D eigenvalue weighted by Crippen LogP contribution is 2.23. The number of amides is 3. The van der Waals surface area contributed by atoms with Crippen molar-refractivity contribution in [2.24, 2.45) is 0 Å². The van der Waals surface area contributed by atoms with Gasteiger partial charge in [-0.1, -0.05) is 5.16 Å². The SMILES string of the molecule is Cc1cc(NC(=O)CSCC(=O)Nc2ccc(N3CCCC3=O)cc2)no1. The van der Waals surface area contributed by atoms with E-state index in [1.165, 1.54) is 11.8 Å². The Morgan fingerprint density at radius 1 is 1.19 bits per heavy atom. The van der Waals surface area contributed by atoms with Crippen LogP contribution in [-0.4, -0.2) is 40.9 Å². The van der Waals surface area contributed by atoms with Crippen molar-refractivity contribution in [3.63, 3.8) is 0 Å². The molecule has 0 saturated carbocycles. The molecule has 0 atom stereocenters. The van der Waals surface area contributed by atoms with E-state index >= 15 is 0 Å². The molecule has 0 aliphatic carbocycles. The highest BCUT2D eigenvalue weighted by Gasteiger charge is 2.21. The second-order valence-corrected chi connectivity index (χ2v) is 7.09. The van der Waals surface area contributed by atoms with Crippen LogP contribution in [0.15, 0.2) is 34.9 Å². The minimum absolute atomic E-state index is 0.127. The summed E-state index contributed by atoms with van der Waals surface area (Å²) in [4.78, 5) is 37.3. The first kappa shape index (κ1) is 19.0. The Labute approximate surface area is 160 Å². The number of rotatable bonds is 7. The van der Waals surface area contributed by atoms with Crippen LogP contribution in [0.4, 0.5) is 17.2 Å². The van der Waals surface area contributed by atoms with E-state index in [-0.39, 0.29) is 29.2 Å². The summed E-state index contributed by atoms with van der Waals surface area (Å²) in [5, 5.41) is 9.04. The Morgan fingerprint density at radius 3 is 2.48 bits per heavy atom. The number of hydrogen-bond donors (Lipinski definition) is 2. The molecule has 27 heavy (non-hydrogen) atoms. The lowest BCUT2D eigenvalue weighted by atomic mass is 10.2. The molecular weight excluding hydrogens is 368 g/mol.